The van der Waals surface area contributed by atoms with Gasteiger partial charge in [0.05, 0.1) is 0 Å². The minimum absolute atomic E-state index is 0.0323. The van der Waals surface area contributed by atoms with E-state index >= 15 is 0 Å². The number of carbonyl (C=O) groups is 1. The molecule has 0 aliphatic rings. The molecule has 0 saturated heterocycles. The predicted molar refractivity (Wildman–Crippen MR) is 50.3 cm³/mol. The molecule has 78 valence electrons. The van der Waals surface area contributed by atoms with Crippen LogP contribution >= 0.6 is 0 Å². The first-order chi connectivity index (χ1) is 6.02. The highest BCUT2D eigenvalue weighted by Crippen LogP contribution is 2.01. The summed E-state index contributed by atoms with van der Waals surface area (Å²) in [6.45, 7) is 5.50. The number of rotatable bonds is 5. The average Bonchev–Trinajstić information content (AvgIpc) is 2.14. The number of aliphatic hydroxyl groups excluding tert-OH is 1. The maximum absolute atomic E-state index is 11.3. The Kier molecular flexibility index (Phi) is 5.66. The minimum Gasteiger partial charge on any atom is -0.396 e. The van der Waals surface area contributed by atoms with Gasteiger partial charge in [0, 0.05) is 19.8 Å². The molecule has 0 fully saturated rings. The van der Waals surface area contributed by atoms with Gasteiger partial charge in [0.15, 0.2) is 0 Å². The van der Waals surface area contributed by atoms with E-state index in [1.807, 2.05) is 13.8 Å². The van der Waals surface area contributed by atoms with Gasteiger partial charge in [0.25, 0.3) is 0 Å². The van der Waals surface area contributed by atoms with Crippen molar-refractivity contribution in [2.24, 2.45) is 5.92 Å². The molecule has 0 aromatic rings. The van der Waals surface area contributed by atoms with Crippen LogP contribution in [0.5, 0.6) is 0 Å². The van der Waals surface area contributed by atoms with E-state index in [0.29, 0.717) is 0 Å². The minimum atomic E-state index is -0.437. The van der Waals surface area contributed by atoms with Crippen molar-refractivity contribution in [3.63, 3.8) is 0 Å². The van der Waals surface area contributed by atoms with E-state index in [4.69, 9.17) is 9.84 Å². The van der Waals surface area contributed by atoms with Gasteiger partial charge in [0.2, 0.25) is 5.91 Å². The molecule has 1 amide bonds. The van der Waals surface area contributed by atoms with E-state index < -0.39 is 6.10 Å². The molecule has 0 bridgehead atoms. The summed E-state index contributed by atoms with van der Waals surface area (Å²) < 4.78 is 4.85. The van der Waals surface area contributed by atoms with Gasteiger partial charge in [-0.1, -0.05) is 6.92 Å². The topological polar surface area (TPSA) is 58.6 Å². The lowest BCUT2D eigenvalue weighted by Crippen LogP contribution is -2.43. The predicted octanol–water partition coefficient (Wildman–Crippen LogP) is 0.154. The third-order valence-corrected chi connectivity index (χ3v) is 2.23. The van der Waals surface area contributed by atoms with Crippen LogP contribution < -0.4 is 5.32 Å². The van der Waals surface area contributed by atoms with Crippen LogP contribution in [0.25, 0.3) is 0 Å². The summed E-state index contributed by atoms with van der Waals surface area (Å²) in [6.07, 6.45) is -0.437. The first-order valence-corrected chi connectivity index (χ1v) is 4.47. The smallest absolute Gasteiger partial charge is 0.249 e. The zero-order chi connectivity index (χ0) is 10.4. The zero-order valence-corrected chi connectivity index (χ0v) is 8.70. The van der Waals surface area contributed by atoms with E-state index in [2.05, 4.69) is 5.32 Å². The lowest BCUT2D eigenvalue weighted by atomic mass is 10.1. The number of hydrogen-bond donors (Lipinski definition) is 2. The van der Waals surface area contributed by atoms with Crippen LogP contribution in [0, 0.1) is 5.92 Å². The Hall–Kier alpha value is -0.610. The molecule has 0 radical (unpaired) electrons. The Morgan fingerprint density at radius 1 is 1.46 bits per heavy atom. The monoisotopic (exact) mass is 189 g/mol. The lowest BCUT2D eigenvalue weighted by Gasteiger charge is -2.20. The maximum atomic E-state index is 11.3. The van der Waals surface area contributed by atoms with E-state index in [1.165, 1.54) is 7.11 Å². The molecule has 0 aromatic carbocycles. The molecule has 4 nitrogen and oxygen atoms in total. The van der Waals surface area contributed by atoms with Gasteiger partial charge in [-0.2, -0.15) is 0 Å². The molecular formula is C9H19NO3. The number of methoxy groups -OCH3 is 1. The molecule has 0 saturated carbocycles. The molecule has 0 heterocycles. The number of aliphatic hydroxyl groups is 1. The van der Waals surface area contributed by atoms with E-state index in [-0.39, 0.29) is 24.5 Å². The molecule has 3 unspecified atom stereocenters. The highest BCUT2D eigenvalue weighted by Gasteiger charge is 2.17. The summed E-state index contributed by atoms with van der Waals surface area (Å²) in [7, 11) is 1.49. The number of amides is 1. The van der Waals surface area contributed by atoms with Crippen molar-refractivity contribution in [3.8, 4) is 0 Å². The third kappa shape index (κ3) is 4.24. The van der Waals surface area contributed by atoms with Crippen LogP contribution in [0.2, 0.25) is 0 Å². The fourth-order valence-electron chi connectivity index (χ4n) is 0.749. The van der Waals surface area contributed by atoms with Crippen molar-refractivity contribution in [1.29, 1.82) is 0 Å². The van der Waals surface area contributed by atoms with Gasteiger partial charge >= 0.3 is 0 Å². The van der Waals surface area contributed by atoms with Crippen molar-refractivity contribution >= 4 is 5.91 Å². The second-order valence-corrected chi connectivity index (χ2v) is 3.34. The van der Waals surface area contributed by atoms with Crippen molar-refractivity contribution in [2.75, 3.05) is 13.7 Å². The molecule has 13 heavy (non-hydrogen) atoms. The average molecular weight is 189 g/mol. The third-order valence-electron chi connectivity index (χ3n) is 2.23. The van der Waals surface area contributed by atoms with Gasteiger partial charge in [-0.3, -0.25) is 4.79 Å². The molecule has 0 spiro atoms. The Bertz CT molecular complexity index is 161. The van der Waals surface area contributed by atoms with Gasteiger partial charge in [-0.15, -0.1) is 0 Å². The Morgan fingerprint density at radius 3 is 2.38 bits per heavy atom. The molecule has 2 N–H and O–H groups in total. The fraction of sp³-hybridized carbons (Fsp3) is 0.889. The normalized spacial score (nSPS) is 17.6. The molecule has 3 atom stereocenters. The van der Waals surface area contributed by atoms with Crippen molar-refractivity contribution in [2.45, 2.75) is 32.9 Å². The number of carbonyl (C=O) groups excluding carboxylic acids is 1. The molecule has 0 aliphatic carbocycles. The summed E-state index contributed by atoms with van der Waals surface area (Å²) in [4.78, 5) is 11.3. The van der Waals surface area contributed by atoms with E-state index in [1.54, 1.807) is 6.92 Å². The van der Waals surface area contributed by atoms with Crippen LogP contribution in [0.15, 0.2) is 0 Å². The molecule has 0 aliphatic heterocycles. The molecule has 0 aromatic heterocycles. The Balaban J connectivity index is 3.91. The molecule has 0 rings (SSSR count). The standard InChI is InChI=1S/C9H19NO3/c1-6(5-11)7(2)10-9(12)8(3)13-4/h6-8,11H,5H2,1-4H3,(H,10,12). The first kappa shape index (κ1) is 12.4. The SMILES string of the molecule is COC(C)C(=O)NC(C)C(C)CO. The Morgan fingerprint density at radius 2 is 2.00 bits per heavy atom. The first-order valence-electron chi connectivity index (χ1n) is 4.47. The van der Waals surface area contributed by atoms with Crippen LogP contribution in [0.1, 0.15) is 20.8 Å². The van der Waals surface area contributed by atoms with Crippen molar-refractivity contribution in [1.82, 2.24) is 5.32 Å². The van der Waals surface area contributed by atoms with Crippen LogP contribution in [-0.2, 0) is 9.53 Å². The summed E-state index contributed by atoms with van der Waals surface area (Å²) in [5, 5.41) is 11.6. The summed E-state index contributed by atoms with van der Waals surface area (Å²) >= 11 is 0. The maximum Gasteiger partial charge on any atom is 0.249 e. The van der Waals surface area contributed by atoms with E-state index in [0.717, 1.165) is 0 Å². The molecule has 4 heteroatoms. The van der Waals surface area contributed by atoms with Crippen molar-refractivity contribution in [3.05, 3.63) is 0 Å². The Labute approximate surface area is 79.3 Å². The van der Waals surface area contributed by atoms with Gasteiger partial charge in [-0.25, -0.2) is 0 Å². The highest BCUT2D eigenvalue weighted by molar-refractivity contribution is 5.80. The highest BCUT2D eigenvalue weighted by atomic mass is 16.5. The number of hydrogen-bond acceptors (Lipinski definition) is 3. The van der Waals surface area contributed by atoms with Crippen LogP contribution in [-0.4, -0.2) is 36.9 Å². The van der Waals surface area contributed by atoms with Crippen LogP contribution in [0.3, 0.4) is 0 Å². The molecular weight excluding hydrogens is 170 g/mol. The summed E-state index contributed by atoms with van der Waals surface area (Å²) in [6, 6.07) is -0.0323. The number of ether oxygens (including phenoxy) is 1. The van der Waals surface area contributed by atoms with E-state index in [9.17, 15) is 4.79 Å². The quantitative estimate of drug-likeness (QED) is 0.647. The largest absolute Gasteiger partial charge is 0.396 e. The zero-order valence-electron chi connectivity index (χ0n) is 8.70. The number of nitrogens with one attached hydrogen (secondary N) is 1. The fourth-order valence-corrected chi connectivity index (χ4v) is 0.749. The second kappa shape index (κ2) is 5.94. The summed E-state index contributed by atoms with van der Waals surface area (Å²) in [5.41, 5.74) is 0. The van der Waals surface area contributed by atoms with Gasteiger partial charge in [-0.05, 0) is 19.8 Å². The summed E-state index contributed by atoms with van der Waals surface area (Å²) in [5.74, 6) is -0.0803. The van der Waals surface area contributed by atoms with Crippen molar-refractivity contribution < 1.29 is 14.6 Å². The van der Waals surface area contributed by atoms with Gasteiger partial charge < -0.3 is 15.2 Å². The second-order valence-electron chi connectivity index (χ2n) is 3.34. The van der Waals surface area contributed by atoms with Gasteiger partial charge in [0.1, 0.15) is 6.10 Å². The lowest BCUT2D eigenvalue weighted by molar-refractivity contribution is -0.131. The van der Waals surface area contributed by atoms with Crippen LogP contribution in [0.4, 0.5) is 0 Å².